The van der Waals surface area contributed by atoms with Crippen LogP contribution in [-0.2, 0) is 0 Å². The summed E-state index contributed by atoms with van der Waals surface area (Å²) >= 11 is 1.00. The molecular weight excluding hydrogens is 254 g/mol. The van der Waals surface area contributed by atoms with E-state index in [1.54, 1.807) is 24.3 Å². The van der Waals surface area contributed by atoms with Crippen LogP contribution in [0.2, 0.25) is 0 Å². The van der Waals surface area contributed by atoms with Crippen molar-refractivity contribution in [2.75, 3.05) is 11.9 Å². The van der Waals surface area contributed by atoms with E-state index < -0.39 is 5.97 Å². The number of nitrogens with zero attached hydrogens (tertiary/aromatic N) is 2. The van der Waals surface area contributed by atoms with E-state index in [9.17, 15) is 4.79 Å². The van der Waals surface area contributed by atoms with Crippen LogP contribution in [-0.4, -0.2) is 27.3 Å². The van der Waals surface area contributed by atoms with Gasteiger partial charge in [-0.2, -0.15) is 0 Å². The highest BCUT2D eigenvalue weighted by Gasteiger charge is 2.15. The fourth-order valence-corrected chi connectivity index (χ4v) is 1.93. The van der Waals surface area contributed by atoms with Crippen LogP contribution < -0.4 is 10.1 Å². The molecule has 0 atom stereocenters. The van der Waals surface area contributed by atoms with E-state index in [1.807, 2.05) is 6.92 Å². The molecule has 18 heavy (non-hydrogen) atoms. The lowest BCUT2D eigenvalue weighted by Gasteiger charge is -2.06. The van der Waals surface area contributed by atoms with Crippen LogP contribution in [0.3, 0.4) is 0 Å². The van der Waals surface area contributed by atoms with Crippen LogP contribution in [0, 0.1) is 0 Å². The molecule has 1 heterocycles. The lowest BCUT2D eigenvalue weighted by Crippen LogP contribution is -2.01. The van der Waals surface area contributed by atoms with Crippen LogP contribution in [0.15, 0.2) is 24.3 Å². The zero-order valence-corrected chi connectivity index (χ0v) is 10.4. The highest BCUT2D eigenvalue weighted by Crippen LogP contribution is 2.24. The summed E-state index contributed by atoms with van der Waals surface area (Å²) in [5, 5.41) is 15.8. The lowest BCUT2D eigenvalue weighted by atomic mass is 10.3. The van der Waals surface area contributed by atoms with E-state index in [-0.39, 0.29) is 5.69 Å². The number of carboxylic acid groups (broad SMARTS) is 1. The van der Waals surface area contributed by atoms with E-state index >= 15 is 0 Å². The Hall–Kier alpha value is -2.15. The van der Waals surface area contributed by atoms with Gasteiger partial charge < -0.3 is 15.2 Å². The van der Waals surface area contributed by atoms with Crippen molar-refractivity contribution < 1.29 is 14.6 Å². The number of aromatic nitrogens is 2. The third kappa shape index (κ3) is 2.75. The normalized spacial score (nSPS) is 10.1. The van der Waals surface area contributed by atoms with E-state index in [2.05, 4.69) is 14.9 Å². The number of hydrogen-bond donors (Lipinski definition) is 2. The van der Waals surface area contributed by atoms with Crippen LogP contribution in [0.4, 0.5) is 10.7 Å². The van der Waals surface area contributed by atoms with Gasteiger partial charge in [0.1, 0.15) is 10.8 Å². The number of aromatic carboxylic acids is 1. The molecule has 0 aliphatic rings. The highest BCUT2D eigenvalue weighted by molar-refractivity contribution is 7.10. The van der Waals surface area contributed by atoms with E-state index in [0.29, 0.717) is 11.6 Å². The van der Waals surface area contributed by atoms with Gasteiger partial charge in [0, 0.05) is 17.2 Å². The number of ether oxygens (including phenoxy) is 1. The minimum Gasteiger partial charge on any atom is -0.494 e. The maximum atomic E-state index is 10.9. The van der Waals surface area contributed by atoms with Gasteiger partial charge in [-0.05, 0) is 31.2 Å². The predicted octanol–water partition coefficient (Wildman–Crippen LogP) is 2.38. The number of anilines is 2. The third-order valence-electron chi connectivity index (χ3n) is 2.11. The summed E-state index contributed by atoms with van der Waals surface area (Å²) in [6.45, 7) is 2.52. The number of carboxylic acids is 1. The largest absolute Gasteiger partial charge is 0.494 e. The fraction of sp³-hybridized carbons (Fsp3) is 0.182. The van der Waals surface area contributed by atoms with E-state index in [4.69, 9.17) is 9.84 Å². The first-order chi connectivity index (χ1) is 8.70. The molecule has 0 bridgehead atoms. The van der Waals surface area contributed by atoms with Crippen molar-refractivity contribution >= 4 is 28.2 Å². The maximum Gasteiger partial charge on any atom is 0.359 e. The van der Waals surface area contributed by atoms with Gasteiger partial charge in [-0.1, -0.05) is 4.49 Å². The average molecular weight is 265 g/mol. The second-order valence-electron chi connectivity index (χ2n) is 3.34. The number of benzene rings is 1. The summed E-state index contributed by atoms with van der Waals surface area (Å²) in [5.74, 6) is -0.332. The minimum atomic E-state index is -1.10. The van der Waals surface area contributed by atoms with Gasteiger partial charge in [0.25, 0.3) is 0 Å². The summed E-state index contributed by atoms with van der Waals surface area (Å²) in [6, 6.07) is 7.22. The Morgan fingerprint density at radius 2 is 2.17 bits per heavy atom. The molecule has 0 fully saturated rings. The molecule has 94 valence electrons. The van der Waals surface area contributed by atoms with Crippen molar-refractivity contribution in [1.29, 1.82) is 0 Å². The Morgan fingerprint density at radius 3 is 2.78 bits per heavy atom. The second kappa shape index (κ2) is 5.46. The molecular formula is C11H11N3O3S. The molecule has 2 rings (SSSR count). The summed E-state index contributed by atoms with van der Waals surface area (Å²) in [7, 11) is 0. The predicted molar refractivity (Wildman–Crippen MR) is 67.8 cm³/mol. The second-order valence-corrected chi connectivity index (χ2v) is 4.09. The van der Waals surface area contributed by atoms with Crippen LogP contribution in [0.1, 0.15) is 17.4 Å². The highest BCUT2D eigenvalue weighted by atomic mass is 32.1. The van der Waals surface area contributed by atoms with Gasteiger partial charge in [-0.25, -0.2) is 4.79 Å². The Bertz CT molecular complexity index is 539. The minimum absolute atomic E-state index is 0.0751. The first-order valence-electron chi connectivity index (χ1n) is 5.26. The van der Waals surface area contributed by atoms with Gasteiger partial charge >= 0.3 is 5.97 Å². The van der Waals surface area contributed by atoms with Gasteiger partial charge in [-0.3, -0.25) is 0 Å². The Kier molecular flexibility index (Phi) is 3.73. The molecule has 0 aliphatic carbocycles. The molecule has 1 aromatic heterocycles. The molecule has 0 unspecified atom stereocenters. The number of hydrogen-bond acceptors (Lipinski definition) is 6. The first kappa shape index (κ1) is 12.3. The Labute approximate surface area is 107 Å². The van der Waals surface area contributed by atoms with Crippen LogP contribution in [0.25, 0.3) is 0 Å². The summed E-state index contributed by atoms with van der Waals surface area (Å²) < 4.78 is 8.92. The van der Waals surface area contributed by atoms with Crippen molar-refractivity contribution in [3.63, 3.8) is 0 Å². The van der Waals surface area contributed by atoms with Crippen molar-refractivity contribution in [1.82, 2.24) is 9.59 Å². The standard InChI is InChI=1S/C11H11N3O3S/c1-2-17-8-5-3-7(4-6-8)12-10-9(11(15)16)13-14-18-10/h3-6,12H,2H2,1H3,(H,15,16). The average Bonchev–Trinajstić information content (AvgIpc) is 2.80. The molecule has 0 radical (unpaired) electrons. The van der Waals surface area contributed by atoms with Gasteiger partial charge in [-0.15, -0.1) is 5.10 Å². The van der Waals surface area contributed by atoms with Gasteiger partial charge in [0.15, 0.2) is 0 Å². The van der Waals surface area contributed by atoms with Gasteiger partial charge in [0.2, 0.25) is 5.69 Å². The van der Waals surface area contributed by atoms with Crippen LogP contribution >= 0.6 is 11.5 Å². The molecule has 6 nitrogen and oxygen atoms in total. The number of nitrogens with one attached hydrogen (secondary N) is 1. The topological polar surface area (TPSA) is 84.3 Å². The molecule has 0 saturated heterocycles. The smallest absolute Gasteiger partial charge is 0.359 e. The molecule has 0 spiro atoms. The molecule has 2 N–H and O–H groups in total. The summed E-state index contributed by atoms with van der Waals surface area (Å²) in [6.07, 6.45) is 0. The molecule has 0 aliphatic heterocycles. The SMILES string of the molecule is CCOc1ccc(Nc2snnc2C(=O)O)cc1. The van der Waals surface area contributed by atoms with E-state index in [0.717, 1.165) is 23.0 Å². The molecule has 1 aromatic carbocycles. The Balaban J connectivity index is 2.13. The third-order valence-corrected chi connectivity index (χ3v) is 2.76. The molecule has 0 amide bonds. The lowest BCUT2D eigenvalue weighted by molar-refractivity contribution is 0.0691. The van der Waals surface area contributed by atoms with E-state index in [1.165, 1.54) is 0 Å². The van der Waals surface area contributed by atoms with Crippen molar-refractivity contribution in [2.24, 2.45) is 0 Å². The zero-order chi connectivity index (χ0) is 13.0. The molecule has 7 heteroatoms. The first-order valence-corrected chi connectivity index (χ1v) is 6.03. The molecule has 0 saturated carbocycles. The van der Waals surface area contributed by atoms with Crippen LogP contribution in [0.5, 0.6) is 5.75 Å². The maximum absolute atomic E-state index is 10.9. The van der Waals surface area contributed by atoms with Gasteiger partial charge in [0.05, 0.1) is 6.61 Å². The summed E-state index contributed by atoms with van der Waals surface area (Å²) in [4.78, 5) is 10.9. The zero-order valence-electron chi connectivity index (χ0n) is 9.58. The summed E-state index contributed by atoms with van der Waals surface area (Å²) in [5.41, 5.74) is 0.681. The van der Waals surface area contributed by atoms with Crippen molar-refractivity contribution in [2.45, 2.75) is 6.92 Å². The molecule has 2 aromatic rings. The monoisotopic (exact) mass is 265 g/mol. The number of carbonyl (C=O) groups is 1. The Morgan fingerprint density at radius 1 is 1.44 bits per heavy atom. The fourth-order valence-electron chi connectivity index (χ4n) is 1.34. The quantitative estimate of drug-likeness (QED) is 0.863. The van der Waals surface area contributed by atoms with Crippen molar-refractivity contribution in [3.8, 4) is 5.75 Å². The van der Waals surface area contributed by atoms with Crippen molar-refractivity contribution in [3.05, 3.63) is 30.0 Å². The number of rotatable bonds is 5.